The summed E-state index contributed by atoms with van der Waals surface area (Å²) in [5.74, 6) is 0.411. The lowest BCUT2D eigenvalue weighted by atomic mass is 9.85. The van der Waals surface area contributed by atoms with Crippen molar-refractivity contribution in [3.8, 4) is 0 Å². The third kappa shape index (κ3) is 3.33. The average molecular weight is 248 g/mol. The van der Waals surface area contributed by atoms with Gasteiger partial charge >= 0.3 is 0 Å². The van der Waals surface area contributed by atoms with Crippen molar-refractivity contribution in [2.45, 2.75) is 51.7 Å². The minimum Gasteiger partial charge on any atom is -0.396 e. The van der Waals surface area contributed by atoms with Crippen molar-refractivity contribution in [1.82, 2.24) is 0 Å². The van der Waals surface area contributed by atoms with E-state index in [1.54, 1.807) is 0 Å². The lowest BCUT2D eigenvalue weighted by Gasteiger charge is -2.17. The van der Waals surface area contributed by atoms with E-state index in [0.717, 1.165) is 12.8 Å². The van der Waals surface area contributed by atoms with Crippen molar-refractivity contribution < 1.29 is 9.84 Å². The number of ether oxygens (including phenoxy) is 1. The number of rotatable bonds is 5. The average Bonchev–Trinajstić information content (AvgIpc) is 3.09. The molecule has 0 spiro atoms. The minimum absolute atomic E-state index is 0.227. The van der Waals surface area contributed by atoms with Gasteiger partial charge in [-0.25, -0.2) is 0 Å². The Labute approximate surface area is 110 Å². The third-order valence-electron chi connectivity index (χ3n) is 3.70. The Morgan fingerprint density at radius 3 is 2.39 bits per heavy atom. The number of hydrogen-bond donors (Lipinski definition) is 1. The molecule has 2 rings (SSSR count). The van der Waals surface area contributed by atoms with Crippen LogP contribution in [0.1, 0.15) is 45.1 Å². The molecule has 1 saturated heterocycles. The molecule has 100 valence electrons. The Balaban J connectivity index is 1.97. The second kappa shape index (κ2) is 5.41. The Kier molecular flexibility index (Phi) is 4.08. The number of epoxide rings is 1. The first-order chi connectivity index (χ1) is 8.52. The Morgan fingerprint density at radius 2 is 1.89 bits per heavy atom. The number of benzene rings is 1. The fraction of sp³-hybridized carbons (Fsp3) is 0.625. The van der Waals surface area contributed by atoms with E-state index in [9.17, 15) is 5.11 Å². The van der Waals surface area contributed by atoms with E-state index in [2.05, 4.69) is 45.0 Å². The molecule has 0 aromatic heterocycles. The lowest BCUT2D eigenvalue weighted by molar-refractivity contribution is 0.252. The third-order valence-corrected chi connectivity index (χ3v) is 3.70. The second-order valence-electron chi connectivity index (χ2n) is 6.32. The van der Waals surface area contributed by atoms with Gasteiger partial charge in [0.25, 0.3) is 0 Å². The Bertz CT molecular complexity index is 366. The van der Waals surface area contributed by atoms with Gasteiger partial charge in [0.1, 0.15) is 0 Å². The van der Waals surface area contributed by atoms with Gasteiger partial charge in [0.05, 0.1) is 12.2 Å². The summed E-state index contributed by atoms with van der Waals surface area (Å²) in [6.45, 7) is 6.91. The van der Waals surface area contributed by atoms with Gasteiger partial charge in [-0.05, 0) is 29.7 Å². The molecule has 1 fully saturated rings. The van der Waals surface area contributed by atoms with Gasteiger partial charge in [-0.3, -0.25) is 0 Å². The van der Waals surface area contributed by atoms with Crippen LogP contribution in [0.3, 0.4) is 0 Å². The molecule has 1 aliphatic rings. The molecule has 0 saturated carbocycles. The maximum absolute atomic E-state index is 9.22. The molecular formula is C16H24O2. The summed E-state index contributed by atoms with van der Waals surface area (Å²) in [5.41, 5.74) is 1.54. The summed E-state index contributed by atoms with van der Waals surface area (Å²) in [7, 11) is 0. The molecule has 0 unspecified atom stereocenters. The van der Waals surface area contributed by atoms with Gasteiger partial charge in [-0.1, -0.05) is 51.1 Å². The van der Waals surface area contributed by atoms with E-state index in [-0.39, 0.29) is 12.0 Å². The van der Waals surface area contributed by atoms with Crippen molar-refractivity contribution >= 4 is 0 Å². The van der Waals surface area contributed by atoms with Crippen LogP contribution in [0.15, 0.2) is 30.3 Å². The molecule has 0 amide bonds. The normalized spacial score (nSPS) is 24.9. The molecule has 2 nitrogen and oxygen atoms in total. The fourth-order valence-electron chi connectivity index (χ4n) is 2.67. The summed E-state index contributed by atoms with van der Waals surface area (Å²) < 4.78 is 5.80. The van der Waals surface area contributed by atoms with E-state index < -0.39 is 0 Å². The molecule has 1 aromatic carbocycles. The molecule has 3 atom stereocenters. The summed E-state index contributed by atoms with van der Waals surface area (Å²) in [5, 5.41) is 9.22. The molecule has 0 bridgehead atoms. The van der Waals surface area contributed by atoms with Crippen molar-refractivity contribution in [2.75, 3.05) is 6.61 Å². The summed E-state index contributed by atoms with van der Waals surface area (Å²) >= 11 is 0. The highest BCUT2D eigenvalue weighted by Gasteiger charge is 2.47. The van der Waals surface area contributed by atoms with Crippen LogP contribution in [-0.2, 0) is 4.74 Å². The zero-order valence-corrected chi connectivity index (χ0v) is 11.6. The second-order valence-corrected chi connectivity index (χ2v) is 6.32. The number of hydrogen-bond acceptors (Lipinski definition) is 2. The monoisotopic (exact) mass is 248 g/mol. The first-order valence-corrected chi connectivity index (χ1v) is 6.83. The maximum atomic E-state index is 9.22. The maximum Gasteiger partial charge on any atom is 0.0890 e. The van der Waals surface area contributed by atoms with E-state index in [1.165, 1.54) is 5.56 Å². The Morgan fingerprint density at radius 1 is 1.22 bits per heavy atom. The quantitative estimate of drug-likeness (QED) is 0.810. The Hall–Kier alpha value is -0.860. The standard InChI is InChI=1S/C16H24O2/c1-16(2,3)15-14(18-15)11-13(9-10-17)12-7-5-4-6-8-12/h4-8,13-15,17H,9-11H2,1-3H3/t13-,14+,15-/m1/s1. The predicted octanol–water partition coefficient (Wildman–Crippen LogP) is 3.36. The smallest absolute Gasteiger partial charge is 0.0890 e. The molecule has 0 aliphatic carbocycles. The fourth-order valence-corrected chi connectivity index (χ4v) is 2.67. The van der Waals surface area contributed by atoms with E-state index in [1.807, 2.05) is 6.07 Å². The topological polar surface area (TPSA) is 32.8 Å². The van der Waals surface area contributed by atoms with E-state index >= 15 is 0 Å². The highest BCUT2D eigenvalue weighted by molar-refractivity contribution is 5.20. The predicted molar refractivity (Wildman–Crippen MR) is 73.6 cm³/mol. The van der Waals surface area contributed by atoms with Gasteiger partial charge in [0.15, 0.2) is 0 Å². The van der Waals surface area contributed by atoms with Gasteiger partial charge in [0, 0.05) is 6.61 Å². The molecule has 1 N–H and O–H groups in total. The molecular weight excluding hydrogens is 224 g/mol. The van der Waals surface area contributed by atoms with E-state index in [4.69, 9.17) is 4.74 Å². The van der Waals surface area contributed by atoms with Crippen LogP contribution < -0.4 is 0 Å². The first kappa shape index (κ1) is 13.6. The van der Waals surface area contributed by atoms with Crippen molar-refractivity contribution in [3.05, 3.63) is 35.9 Å². The molecule has 1 aliphatic heterocycles. The summed E-state index contributed by atoms with van der Waals surface area (Å²) in [6, 6.07) is 10.5. The van der Waals surface area contributed by atoms with Crippen LogP contribution in [0, 0.1) is 5.41 Å². The van der Waals surface area contributed by atoms with E-state index in [0.29, 0.717) is 18.1 Å². The first-order valence-electron chi connectivity index (χ1n) is 6.83. The minimum atomic E-state index is 0.227. The molecule has 0 radical (unpaired) electrons. The SMILES string of the molecule is CC(C)(C)[C@@H]1O[C@H]1C[C@@H](CCO)c1ccccc1. The zero-order valence-electron chi connectivity index (χ0n) is 11.6. The molecule has 1 heterocycles. The summed E-state index contributed by atoms with van der Waals surface area (Å²) in [6.07, 6.45) is 2.58. The van der Waals surface area contributed by atoms with Crippen molar-refractivity contribution in [3.63, 3.8) is 0 Å². The van der Waals surface area contributed by atoms with Crippen molar-refractivity contribution in [2.24, 2.45) is 5.41 Å². The summed E-state index contributed by atoms with van der Waals surface area (Å²) in [4.78, 5) is 0. The molecule has 2 heteroatoms. The van der Waals surface area contributed by atoms with Crippen LogP contribution in [0.2, 0.25) is 0 Å². The largest absolute Gasteiger partial charge is 0.396 e. The molecule has 1 aromatic rings. The van der Waals surface area contributed by atoms with Gasteiger partial charge in [0.2, 0.25) is 0 Å². The van der Waals surface area contributed by atoms with Crippen molar-refractivity contribution in [1.29, 1.82) is 0 Å². The number of aliphatic hydroxyl groups excluding tert-OH is 1. The molecule has 18 heavy (non-hydrogen) atoms. The van der Waals surface area contributed by atoms with Crippen LogP contribution in [0.5, 0.6) is 0 Å². The zero-order chi connectivity index (χ0) is 13.2. The highest BCUT2D eigenvalue weighted by atomic mass is 16.6. The van der Waals surface area contributed by atoms with Gasteiger partial charge < -0.3 is 9.84 Å². The van der Waals surface area contributed by atoms with Crippen LogP contribution >= 0.6 is 0 Å². The van der Waals surface area contributed by atoms with Gasteiger partial charge in [-0.15, -0.1) is 0 Å². The lowest BCUT2D eigenvalue weighted by Crippen LogP contribution is -2.17. The number of aliphatic hydroxyl groups is 1. The van der Waals surface area contributed by atoms with Gasteiger partial charge in [-0.2, -0.15) is 0 Å². The highest BCUT2D eigenvalue weighted by Crippen LogP contribution is 2.43. The van der Waals surface area contributed by atoms with Crippen LogP contribution in [0.25, 0.3) is 0 Å². The van der Waals surface area contributed by atoms with Crippen LogP contribution in [-0.4, -0.2) is 23.9 Å². The van der Waals surface area contributed by atoms with Crippen LogP contribution in [0.4, 0.5) is 0 Å².